The lowest BCUT2D eigenvalue weighted by Crippen LogP contribution is -2.31. The molecule has 0 radical (unpaired) electrons. The third-order valence-electron chi connectivity index (χ3n) is 2.26. The number of methoxy groups -OCH3 is 1. The summed E-state index contributed by atoms with van der Waals surface area (Å²) in [4.78, 5) is 1.92. The first-order chi connectivity index (χ1) is 8.02. The summed E-state index contributed by atoms with van der Waals surface area (Å²) in [7, 11) is 3.45. The van der Waals surface area contributed by atoms with E-state index in [0.29, 0.717) is 31.5 Å². The normalized spacial score (nSPS) is 13.6. The number of ether oxygens (including phenoxy) is 1. The standard InChI is InChI=1S/C11H21N3O3/c1-8(2)11-13-12-10(17-11)6-14(3)5-9(15)7-16-4/h8-9,15H,5-7H2,1-4H3/t9-/m0/s1. The van der Waals surface area contributed by atoms with Crippen LogP contribution in [0.4, 0.5) is 0 Å². The van der Waals surface area contributed by atoms with Gasteiger partial charge in [-0.1, -0.05) is 13.8 Å². The Hall–Kier alpha value is -0.980. The number of aromatic nitrogens is 2. The molecule has 1 aromatic rings. The minimum atomic E-state index is -0.502. The summed E-state index contributed by atoms with van der Waals surface area (Å²) in [5, 5.41) is 17.5. The molecule has 0 saturated carbocycles. The van der Waals surface area contributed by atoms with Gasteiger partial charge in [0.1, 0.15) is 0 Å². The average Bonchev–Trinajstić information content (AvgIpc) is 2.66. The van der Waals surface area contributed by atoms with Crippen LogP contribution in [0.25, 0.3) is 0 Å². The lowest BCUT2D eigenvalue weighted by atomic mass is 10.2. The van der Waals surface area contributed by atoms with E-state index in [1.807, 2.05) is 25.8 Å². The molecule has 17 heavy (non-hydrogen) atoms. The van der Waals surface area contributed by atoms with Crippen LogP contribution in [0.1, 0.15) is 31.5 Å². The fraction of sp³-hybridized carbons (Fsp3) is 0.818. The molecule has 1 rings (SSSR count). The van der Waals surface area contributed by atoms with Crippen molar-refractivity contribution in [3.8, 4) is 0 Å². The molecule has 0 spiro atoms. The van der Waals surface area contributed by atoms with Crippen molar-refractivity contribution in [2.75, 3.05) is 27.3 Å². The van der Waals surface area contributed by atoms with Crippen molar-refractivity contribution in [3.05, 3.63) is 11.8 Å². The molecule has 0 aliphatic carbocycles. The summed E-state index contributed by atoms with van der Waals surface area (Å²) < 4.78 is 10.3. The second-order valence-corrected chi connectivity index (χ2v) is 4.49. The highest BCUT2D eigenvalue weighted by molar-refractivity contribution is 4.87. The van der Waals surface area contributed by atoms with Gasteiger partial charge in [-0.25, -0.2) is 0 Å². The van der Waals surface area contributed by atoms with Gasteiger partial charge in [0, 0.05) is 19.6 Å². The van der Waals surface area contributed by atoms with E-state index < -0.39 is 6.10 Å². The molecule has 0 aromatic carbocycles. The van der Waals surface area contributed by atoms with Crippen LogP contribution in [0, 0.1) is 0 Å². The molecule has 1 aromatic heterocycles. The van der Waals surface area contributed by atoms with Crippen LogP contribution < -0.4 is 0 Å². The maximum Gasteiger partial charge on any atom is 0.230 e. The molecule has 0 aliphatic heterocycles. The molecule has 6 nitrogen and oxygen atoms in total. The third kappa shape index (κ3) is 4.80. The average molecular weight is 243 g/mol. The Morgan fingerprint density at radius 1 is 1.41 bits per heavy atom. The number of hydrogen-bond acceptors (Lipinski definition) is 6. The van der Waals surface area contributed by atoms with Crippen molar-refractivity contribution in [1.82, 2.24) is 15.1 Å². The van der Waals surface area contributed by atoms with Crippen molar-refractivity contribution in [3.63, 3.8) is 0 Å². The second kappa shape index (κ2) is 6.68. The van der Waals surface area contributed by atoms with Crippen molar-refractivity contribution in [2.24, 2.45) is 0 Å². The highest BCUT2D eigenvalue weighted by Gasteiger charge is 2.13. The smallest absolute Gasteiger partial charge is 0.230 e. The molecule has 98 valence electrons. The maximum atomic E-state index is 9.56. The highest BCUT2D eigenvalue weighted by Crippen LogP contribution is 2.12. The molecule has 6 heteroatoms. The quantitative estimate of drug-likeness (QED) is 0.757. The van der Waals surface area contributed by atoms with Gasteiger partial charge >= 0.3 is 0 Å². The van der Waals surface area contributed by atoms with Crippen molar-refractivity contribution >= 4 is 0 Å². The number of likely N-dealkylation sites (N-methyl/N-ethyl adjacent to an activating group) is 1. The van der Waals surface area contributed by atoms with Crippen LogP contribution >= 0.6 is 0 Å². The van der Waals surface area contributed by atoms with Crippen LogP contribution in [0.3, 0.4) is 0 Å². The first kappa shape index (κ1) is 14.1. The molecule has 1 N–H and O–H groups in total. The molecule has 0 unspecified atom stereocenters. The Morgan fingerprint density at radius 2 is 2.12 bits per heavy atom. The molecule has 0 fully saturated rings. The summed E-state index contributed by atoms with van der Waals surface area (Å²) in [6.07, 6.45) is -0.502. The Labute approximate surface area is 102 Å². The van der Waals surface area contributed by atoms with E-state index in [4.69, 9.17) is 9.15 Å². The Bertz CT molecular complexity index is 328. The van der Waals surface area contributed by atoms with Crippen LogP contribution in [0.15, 0.2) is 4.42 Å². The number of nitrogens with zero attached hydrogens (tertiary/aromatic N) is 3. The number of aliphatic hydroxyl groups is 1. The van der Waals surface area contributed by atoms with Gasteiger partial charge < -0.3 is 14.3 Å². The van der Waals surface area contributed by atoms with Crippen molar-refractivity contribution < 1.29 is 14.3 Å². The molecule has 0 aliphatic rings. The predicted octanol–water partition coefficient (Wildman–Crippen LogP) is 0.632. The largest absolute Gasteiger partial charge is 0.424 e. The zero-order valence-corrected chi connectivity index (χ0v) is 10.9. The van der Waals surface area contributed by atoms with Gasteiger partial charge in [-0.2, -0.15) is 0 Å². The van der Waals surface area contributed by atoms with E-state index in [-0.39, 0.29) is 5.92 Å². The van der Waals surface area contributed by atoms with Crippen LogP contribution in [0.5, 0.6) is 0 Å². The molecule has 0 saturated heterocycles. The van der Waals surface area contributed by atoms with Crippen LogP contribution in [-0.4, -0.2) is 53.6 Å². The maximum absolute atomic E-state index is 9.56. The zero-order chi connectivity index (χ0) is 12.8. The zero-order valence-electron chi connectivity index (χ0n) is 10.9. The summed E-state index contributed by atoms with van der Waals surface area (Å²) >= 11 is 0. The van der Waals surface area contributed by atoms with Crippen LogP contribution in [0.2, 0.25) is 0 Å². The lowest BCUT2D eigenvalue weighted by molar-refractivity contribution is 0.0403. The lowest BCUT2D eigenvalue weighted by Gasteiger charge is -2.18. The Balaban J connectivity index is 2.41. The summed E-state index contributed by atoms with van der Waals surface area (Å²) in [6.45, 7) is 5.37. The minimum Gasteiger partial charge on any atom is -0.424 e. The molecule has 1 heterocycles. The van der Waals surface area contributed by atoms with E-state index in [2.05, 4.69) is 10.2 Å². The molecular weight excluding hydrogens is 222 g/mol. The van der Waals surface area contributed by atoms with Crippen molar-refractivity contribution in [2.45, 2.75) is 32.4 Å². The van der Waals surface area contributed by atoms with Gasteiger partial charge in [0.2, 0.25) is 11.8 Å². The van der Waals surface area contributed by atoms with Gasteiger partial charge in [-0.15, -0.1) is 10.2 Å². The van der Waals surface area contributed by atoms with Gasteiger partial charge in [-0.3, -0.25) is 4.90 Å². The molecule has 1 atom stereocenters. The highest BCUT2D eigenvalue weighted by atomic mass is 16.5. The molecule has 0 amide bonds. The third-order valence-corrected chi connectivity index (χ3v) is 2.26. The summed E-state index contributed by atoms with van der Waals surface area (Å²) in [5.74, 6) is 1.45. The summed E-state index contributed by atoms with van der Waals surface area (Å²) in [6, 6.07) is 0. The summed E-state index contributed by atoms with van der Waals surface area (Å²) in [5.41, 5.74) is 0. The fourth-order valence-electron chi connectivity index (χ4n) is 1.46. The predicted molar refractivity (Wildman–Crippen MR) is 62.6 cm³/mol. The van der Waals surface area contributed by atoms with Gasteiger partial charge in [0.25, 0.3) is 0 Å². The van der Waals surface area contributed by atoms with E-state index in [0.717, 1.165) is 0 Å². The van der Waals surface area contributed by atoms with Gasteiger partial charge in [0.15, 0.2) is 0 Å². The topological polar surface area (TPSA) is 71.6 Å². The first-order valence-electron chi connectivity index (χ1n) is 5.70. The number of hydrogen-bond donors (Lipinski definition) is 1. The van der Waals surface area contributed by atoms with Crippen LogP contribution in [-0.2, 0) is 11.3 Å². The molecular formula is C11H21N3O3. The van der Waals surface area contributed by atoms with E-state index in [1.165, 1.54) is 0 Å². The first-order valence-corrected chi connectivity index (χ1v) is 5.70. The monoisotopic (exact) mass is 243 g/mol. The van der Waals surface area contributed by atoms with Crippen molar-refractivity contribution in [1.29, 1.82) is 0 Å². The fourth-order valence-corrected chi connectivity index (χ4v) is 1.46. The Morgan fingerprint density at radius 3 is 2.65 bits per heavy atom. The van der Waals surface area contributed by atoms with Gasteiger partial charge in [-0.05, 0) is 7.05 Å². The Kier molecular flexibility index (Phi) is 5.54. The van der Waals surface area contributed by atoms with E-state index in [9.17, 15) is 5.11 Å². The number of rotatable bonds is 7. The SMILES string of the molecule is COC[C@@H](O)CN(C)Cc1nnc(C(C)C)o1. The van der Waals surface area contributed by atoms with Gasteiger partial charge in [0.05, 0.1) is 19.3 Å². The minimum absolute atomic E-state index is 0.237. The van der Waals surface area contributed by atoms with E-state index >= 15 is 0 Å². The molecule has 0 bridgehead atoms. The number of aliphatic hydroxyl groups excluding tert-OH is 1. The van der Waals surface area contributed by atoms with E-state index in [1.54, 1.807) is 7.11 Å². The second-order valence-electron chi connectivity index (χ2n) is 4.49.